The Hall–Kier alpha value is -1.64. The van der Waals surface area contributed by atoms with E-state index in [1.165, 1.54) is 0 Å². The van der Waals surface area contributed by atoms with Crippen molar-refractivity contribution in [3.63, 3.8) is 0 Å². The molecule has 1 aromatic heterocycles. The minimum Gasteiger partial charge on any atom is -0.342 e. The highest BCUT2D eigenvalue weighted by Crippen LogP contribution is 2.32. The van der Waals surface area contributed by atoms with Gasteiger partial charge < -0.3 is 10.2 Å². The van der Waals surface area contributed by atoms with Crippen molar-refractivity contribution in [3.8, 4) is 0 Å². The molecule has 1 aliphatic heterocycles. The van der Waals surface area contributed by atoms with Crippen molar-refractivity contribution >= 4 is 28.3 Å². The Morgan fingerprint density at radius 2 is 2.22 bits per heavy atom. The van der Waals surface area contributed by atoms with E-state index in [1.54, 1.807) is 4.90 Å². The van der Waals surface area contributed by atoms with Gasteiger partial charge in [-0.15, -0.1) is 11.3 Å². The van der Waals surface area contributed by atoms with E-state index in [4.69, 9.17) is 0 Å². The minimum atomic E-state index is -4.52. The van der Waals surface area contributed by atoms with Gasteiger partial charge in [-0.05, 0) is 19.3 Å². The number of rotatable bonds is 4. The molecule has 2 heterocycles. The fourth-order valence-corrected chi connectivity index (χ4v) is 3.18. The molecule has 0 aliphatic carbocycles. The Bertz CT molecular complexity index is 574. The molecule has 0 unspecified atom stereocenters. The quantitative estimate of drug-likeness (QED) is 0.908. The van der Waals surface area contributed by atoms with Crippen LogP contribution in [0.15, 0.2) is 5.38 Å². The average molecular weight is 349 g/mol. The third-order valence-electron chi connectivity index (χ3n) is 3.63. The number of nitrogens with one attached hydrogen (secondary N) is 1. The van der Waals surface area contributed by atoms with E-state index in [1.807, 2.05) is 6.92 Å². The first-order chi connectivity index (χ1) is 10.8. The molecule has 128 valence electrons. The van der Waals surface area contributed by atoms with Crippen molar-refractivity contribution in [1.29, 1.82) is 0 Å². The third kappa shape index (κ3) is 4.66. The first-order valence-corrected chi connectivity index (χ1v) is 8.30. The van der Waals surface area contributed by atoms with E-state index in [-0.39, 0.29) is 16.9 Å². The number of hydrogen-bond donors (Lipinski definition) is 1. The van der Waals surface area contributed by atoms with E-state index in [9.17, 15) is 22.8 Å². The maximum atomic E-state index is 12.5. The second kappa shape index (κ2) is 7.29. The van der Waals surface area contributed by atoms with Crippen LogP contribution in [0.2, 0.25) is 0 Å². The SMILES string of the molecule is CCCC(=O)N1CCC[C@@H](C(=O)Nc2nc(C(F)(F)F)cs2)C1. The molecule has 1 saturated heterocycles. The number of anilines is 1. The summed E-state index contributed by atoms with van der Waals surface area (Å²) in [6.45, 7) is 2.84. The second-order valence-corrected chi connectivity index (χ2v) is 6.31. The zero-order valence-electron chi connectivity index (χ0n) is 12.7. The van der Waals surface area contributed by atoms with Crippen molar-refractivity contribution in [2.24, 2.45) is 5.92 Å². The van der Waals surface area contributed by atoms with Gasteiger partial charge in [-0.3, -0.25) is 9.59 Å². The van der Waals surface area contributed by atoms with Crippen LogP contribution in [0.4, 0.5) is 18.3 Å². The van der Waals surface area contributed by atoms with Gasteiger partial charge in [0.1, 0.15) is 0 Å². The van der Waals surface area contributed by atoms with Gasteiger partial charge in [-0.25, -0.2) is 4.98 Å². The Morgan fingerprint density at radius 1 is 1.48 bits per heavy atom. The summed E-state index contributed by atoms with van der Waals surface area (Å²) >= 11 is 0.740. The van der Waals surface area contributed by atoms with Gasteiger partial charge in [0.15, 0.2) is 10.8 Å². The smallest absolute Gasteiger partial charge is 0.342 e. The number of carbonyl (C=O) groups is 2. The lowest BCUT2D eigenvalue weighted by atomic mass is 9.97. The highest BCUT2D eigenvalue weighted by molar-refractivity contribution is 7.13. The highest BCUT2D eigenvalue weighted by Gasteiger charge is 2.34. The van der Waals surface area contributed by atoms with Crippen molar-refractivity contribution in [2.45, 2.75) is 38.8 Å². The summed E-state index contributed by atoms with van der Waals surface area (Å²) in [6.07, 6.45) is -2.02. The molecule has 0 aromatic carbocycles. The average Bonchev–Trinajstić information content (AvgIpc) is 2.96. The molecule has 0 bridgehead atoms. The van der Waals surface area contributed by atoms with Crippen LogP contribution in [-0.4, -0.2) is 34.8 Å². The largest absolute Gasteiger partial charge is 0.434 e. The molecule has 1 fully saturated rings. The summed E-state index contributed by atoms with van der Waals surface area (Å²) in [5.41, 5.74) is -1.01. The number of nitrogens with zero attached hydrogens (tertiary/aromatic N) is 2. The Labute approximate surface area is 135 Å². The van der Waals surface area contributed by atoms with Gasteiger partial charge >= 0.3 is 6.18 Å². The van der Waals surface area contributed by atoms with Crippen molar-refractivity contribution in [3.05, 3.63) is 11.1 Å². The number of alkyl halides is 3. The van der Waals surface area contributed by atoms with Crippen molar-refractivity contribution in [1.82, 2.24) is 9.88 Å². The van der Waals surface area contributed by atoms with Crippen LogP contribution in [0.5, 0.6) is 0 Å². The molecule has 0 radical (unpaired) electrons. The van der Waals surface area contributed by atoms with E-state index in [0.717, 1.165) is 23.1 Å². The Morgan fingerprint density at radius 3 is 2.83 bits per heavy atom. The number of amides is 2. The lowest BCUT2D eigenvalue weighted by Gasteiger charge is -2.31. The van der Waals surface area contributed by atoms with Crippen LogP contribution >= 0.6 is 11.3 Å². The van der Waals surface area contributed by atoms with Gasteiger partial charge in [0.05, 0.1) is 5.92 Å². The summed E-state index contributed by atoms with van der Waals surface area (Å²) in [5.74, 6) is -0.788. The molecule has 5 nitrogen and oxygen atoms in total. The molecule has 0 spiro atoms. The summed E-state index contributed by atoms with van der Waals surface area (Å²) in [5, 5.41) is 3.22. The molecule has 2 rings (SSSR count). The first-order valence-electron chi connectivity index (χ1n) is 7.42. The van der Waals surface area contributed by atoms with Crippen molar-refractivity contribution < 1.29 is 22.8 Å². The number of halogens is 3. The molecule has 9 heteroatoms. The summed E-state index contributed by atoms with van der Waals surface area (Å²) in [4.78, 5) is 29.1. The molecule has 1 aliphatic rings. The van der Waals surface area contributed by atoms with Crippen LogP contribution in [0, 0.1) is 5.92 Å². The lowest BCUT2D eigenvalue weighted by Crippen LogP contribution is -2.43. The van der Waals surface area contributed by atoms with Gasteiger partial charge in [-0.1, -0.05) is 6.92 Å². The molecule has 1 N–H and O–H groups in total. The number of piperidine rings is 1. The predicted octanol–water partition coefficient (Wildman–Crippen LogP) is 3.14. The summed E-state index contributed by atoms with van der Waals surface area (Å²) in [6, 6.07) is 0. The number of carbonyl (C=O) groups excluding carboxylic acids is 2. The molecule has 1 atom stereocenters. The lowest BCUT2D eigenvalue weighted by molar-refractivity contribution is -0.141. The fraction of sp³-hybridized carbons (Fsp3) is 0.643. The van der Waals surface area contributed by atoms with E-state index in [0.29, 0.717) is 32.4 Å². The molecule has 0 saturated carbocycles. The Kier molecular flexibility index (Phi) is 5.61. The van der Waals surface area contributed by atoms with Gasteiger partial charge in [0.25, 0.3) is 0 Å². The van der Waals surface area contributed by atoms with Crippen LogP contribution in [0.25, 0.3) is 0 Å². The summed E-state index contributed by atoms with van der Waals surface area (Å²) in [7, 11) is 0. The van der Waals surface area contributed by atoms with Crippen LogP contribution in [0.1, 0.15) is 38.3 Å². The first kappa shape index (κ1) is 17.7. The van der Waals surface area contributed by atoms with Crippen LogP contribution in [-0.2, 0) is 15.8 Å². The normalized spacial score (nSPS) is 18.8. The standard InChI is InChI=1S/C14H18F3N3O2S/c1-2-4-11(21)20-6-3-5-9(7-20)12(22)19-13-18-10(8-23-13)14(15,16)17/h8-9H,2-7H2,1H3,(H,18,19,22)/t9-/m1/s1. The van der Waals surface area contributed by atoms with E-state index >= 15 is 0 Å². The fourth-order valence-electron chi connectivity index (χ4n) is 2.46. The monoisotopic (exact) mass is 349 g/mol. The van der Waals surface area contributed by atoms with E-state index < -0.39 is 17.8 Å². The number of hydrogen-bond acceptors (Lipinski definition) is 4. The molecule has 2 amide bonds. The maximum Gasteiger partial charge on any atom is 0.434 e. The predicted molar refractivity (Wildman–Crippen MR) is 80.0 cm³/mol. The van der Waals surface area contributed by atoms with Gasteiger partial charge in [0, 0.05) is 24.9 Å². The third-order valence-corrected chi connectivity index (χ3v) is 4.39. The van der Waals surface area contributed by atoms with Crippen LogP contribution in [0.3, 0.4) is 0 Å². The molecule has 23 heavy (non-hydrogen) atoms. The highest BCUT2D eigenvalue weighted by atomic mass is 32.1. The van der Waals surface area contributed by atoms with Gasteiger partial charge in [-0.2, -0.15) is 13.2 Å². The zero-order valence-corrected chi connectivity index (χ0v) is 13.5. The zero-order chi connectivity index (χ0) is 17.0. The second-order valence-electron chi connectivity index (χ2n) is 5.45. The number of thiazole rings is 1. The topological polar surface area (TPSA) is 62.3 Å². The summed E-state index contributed by atoms with van der Waals surface area (Å²) < 4.78 is 37.5. The van der Waals surface area contributed by atoms with Crippen molar-refractivity contribution in [2.75, 3.05) is 18.4 Å². The molecular weight excluding hydrogens is 331 g/mol. The number of aromatic nitrogens is 1. The van der Waals surface area contributed by atoms with Crippen LogP contribution < -0.4 is 5.32 Å². The van der Waals surface area contributed by atoms with Gasteiger partial charge in [0.2, 0.25) is 11.8 Å². The Balaban J connectivity index is 1.95. The molecular formula is C14H18F3N3O2S. The number of likely N-dealkylation sites (tertiary alicyclic amines) is 1. The molecule has 1 aromatic rings. The minimum absolute atomic E-state index is 0.0126. The maximum absolute atomic E-state index is 12.5. The van der Waals surface area contributed by atoms with E-state index in [2.05, 4.69) is 10.3 Å².